The van der Waals surface area contributed by atoms with E-state index in [0.29, 0.717) is 32.2 Å². The zero-order chi connectivity index (χ0) is 15.0. The van der Waals surface area contributed by atoms with Crippen molar-refractivity contribution in [1.82, 2.24) is 15.0 Å². The van der Waals surface area contributed by atoms with E-state index in [0.717, 1.165) is 0 Å². The van der Waals surface area contributed by atoms with Gasteiger partial charge < -0.3 is 10.8 Å². The van der Waals surface area contributed by atoms with E-state index in [1.54, 1.807) is 30.5 Å². The first-order valence-electron chi connectivity index (χ1n) is 6.07. The van der Waals surface area contributed by atoms with Crippen molar-refractivity contribution in [2.45, 2.75) is 6.61 Å². The molecule has 0 bridgehead atoms. The minimum absolute atomic E-state index is 0.254. The van der Waals surface area contributed by atoms with Crippen LogP contribution in [0.5, 0.6) is 0 Å². The first-order chi connectivity index (χ1) is 10.1. The topological polar surface area (TPSA) is 84.9 Å². The van der Waals surface area contributed by atoms with Crippen LogP contribution in [0.3, 0.4) is 0 Å². The minimum atomic E-state index is -0.254. The van der Waals surface area contributed by atoms with E-state index in [-0.39, 0.29) is 18.2 Å². The van der Waals surface area contributed by atoms with E-state index < -0.39 is 0 Å². The molecule has 0 saturated heterocycles. The molecule has 0 aliphatic rings. The maximum absolute atomic E-state index is 9.05. The van der Waals surface area contributed by atoms with Gasteiger partial charge in [-0.25, -0.2) is 15.0 Å². The quantitative estimate of drug-likeness (QED) is 0.758. The molecule has 2 aromatic heterocycles. The van der Waals surface area contributed by atoms with Gasteiger partial charge in [0.05, 0.1) is 10.0 Å². The summed E-state index contributed by atoms with van der Waals surface area (Å²) < 4.78 is 0. The molecule has 1 aromatic carbocycles. The van der Waals surface area contributed by atoms with Crippen LogP contribution < -0.4 is 5.73 Å². The molecule has 3 aromatic rings. The fourth-order valence-electron chi connectivity index (χ4n) is 2.04. The monoisotopic (exact) mass is 320 g/mol. The highest BCUT2D eigenvalue weighted by Gasteiger charge is 2.14. The SMILES string of the molecule is Nc1nc2nc(CO)ncc2cc1-c1c(Cl)cccc1Cl. The maximum atomic E-state index is 9.05. The third-order valence-electron chi connectivity index (χ3n) is 3.02. The lowest BCUT2D eigenvalue weighted by Gasteiger charge is -2.10. The fraction of sp³-hybridized carbons (Fsp3) is 0.0714. The molecule has 0 radical (unpaired) electrons. The Morgan fingerprint density at radius 3 is 2.52 bits per heavy atom. The zero-order valence-corrected chi connectivity index (χ0v) is 12.2. The number of aliphatic hydroxyl groups is 1. The second kappa shape index (κ2) is 5.44. The predicted octanol–water partition coefficient (Wildman–Crippen LogP) is 3.07. The largest absolute Gasteiger partial charge is 0.388 e. The number of rotatable bonds is 2. The lowest BCUT2D eigenvalue weighted by atomic mass is 10.1. The molecule has 3 rings (SSSR count). The molecular formula is C14H10Cl2N4O. The Labute approximate surface area is 130 Å². The van der Waals surface area contributed by atoms with Crippen molar-refractivity contribution in [3.05, 3.63) is 46.3 Å². The number of benzene rings is 1. The van der Waals surface area contributed by atoms with Crippen LogP contribution in [0.25, 0.3) is 22.2 Å². The van der Waals surface area contributed by atoms with Gasteiger partial charge in [-0.1, -0.05) is 29.3 Å². The molecule has 0 aliphatic heterocycles. The summed E-state index contributed by atoms with van der Waals surface area (Å²) in [5.74, 6) is 0.554. The molecule has 106 valence electrons. The summed E-state index contributed by atoms with van der Waals surface area (Å²) in [5, 5.41) is 10.7. The summed E-state index contributed by atoms with van der Waals surface area (Å²) in [5.41, 5.74) is 7.66. The molecule has 3 N–H and O–H groups in total. The highest BCUT2D eigenvalue weighted by molar-refractivity contribution is 6.39. The number of fused-ring (bicyclic) bond motifs is 1. The molecule has 0 amide bonds. The van der Waals surface area contributed by atoms with Crippen LogP contribution in [0.4, 0.5) is 5.82 Å². The second-order valence-corrected chi connectivity index (χ2v) is 5.19. The van der Waals surface area contributed by atoms with Crippen LogP contribution in [0.2, 0.25) is 10.0 Å². The molecule has 0 unspecified atom stereocenters. The number of hydrogen-bond donors (Lipinski definition) is 2. The number of halogens is 2. The van der Waals surface area contributed by atoms with Crippen LogP contribution in [0, 0.1) is 0 Å². The van der Waals surface area contributed by atoms with Gasteiger partial charge in [0.2, 0.25) is 0 Å². The summed E-state index contributed by atoms with van der Waals surface area (Å²) in [6.45, 7) is -0.254. The highest BCUT2D eigenvalue weighted by Crippen LogP contribution is 2.37. The van der Waals surface area contributed by atoms with Crippen LogP contribution in [0.15, 0.2) is 30.5 Å². The average molecular weight is 321 g/mol. The Balaban J connectivity index is 2.27. The lowest BCUT2D eigenvalue weighted by Crippen LogP contribution is -2.00. The molecule has 5 nitrogen and oxygen atoms in total. The normalized spacial score (nSPS) is 11.0. The summed E-state index contributed by atoms with van der Waals surface area (Å²) >= 11 is 12.4. The number of aliphatic hydroxyl groups excluding tert-OH is 1. The smallest absolute Gasteiger partial charge is 0.165 e. The molecular weight excluding hydrogens is 311 g/mol. The van der Waals surface area contributed by atoms with Gasteiger partial charge in [-0.3, -0.25) is 0 Å². The van der Waals surface area contributed by atoms with E-state index in [1.807, 2.05) is 0 Å². The lowest BCUT2D eigenvalue weighted by molar-refractivity contribution is 0.271. The third-order valence-corrected chi connectivity index (χ3v) is 3.65. The van der Waals surface area contributed by atoms with Crippen LogP contribution >= 0.6 is 23.2 Å². The second-order valence-electron chi connectivity index (χ2n) is 4.38. The van der Waals surface area contributed by atoms with Crippen LogP contribution in [0.1, 0.15) is 5.82 Å². The van der Waals surface area contributed by atoms with Gasteiger partial charge in [-0.05, 0) is 18.2 Å². The van der Waals surface area contributed by atoms with Crippen LogP contribution in [-0.4, -0.2) is 20.1 Å². The number of hydrogen-bond acceptors (Lipinski definition) is 5. The number of nitrogen functional groups attached to an aromatic ring is 1. The first-order valence-corrected chi connectivity index (χ1v) is 6.83. The Hall–Kier alpha value is -1.95. The van der Waals surface area contributed by atoms with Gasteiger partial charge in [-0.2, -0.15) is 0 Å². The molecule has 0 saturated carbocycles. The van der Waals surface area contributed by atoms with E-state index in [1.165, 1.54) is 0 Å². The standard InChI is InChI=1S/C14H10Cl2N4O/c15-9-2-1-3-10(16)12(9)8-4-7-5-18-11(6-21)19-14(7)20-13(8)17/h1-5,21H,6H2,(H2,17,18,19,20). The average Bonchev–Trinajstić information content (AvgIpc) is 2.47. The number of anilines is 1. The minimum Gasteiger partial charge on any atom is -0.388 e. The van der Waals surface area contributed by atoms with E-state index in [2.05, 4.69) is 15.0 Å². The van der Waals surface area contributed by atoms with E-state index in [4.69, 9.17) is 34.0 Å². The summed E-state index contributed by atoms with van der Waals surface area (Å²) in [4.78, 5) is 12.4. The number of nitrogens with zero attached hydrogens (tertiary/aromatic N) is 3. The van der Waals surface area contributed by atoms with Crippen molar-refractivity contribution in [3.63, 3.8) is 0 Å². The zero-order valence-electron chi connectivity index (χ0n) is 10.7. The number of nitrogens with two attached hydrogens (primary N) is 1. The Bertz CT molecular complexity index is 818. The van der Waals surface area contributed by atoms with Gasteiger partial charge in [-0.15, -0.1) is 0 Å². The van der Waals surface area contributed by atoms with Gasteiger partial charge >= 0.3 is 0 Å². The maximum Gasteiger partial charge on any atom is 0.165 e. The van der Waals surface area contributed by atoms with Crippen molar-refractivity contribution in [2.75, 3.05) is 5.73 Å². The molecule has 7 heteroatoms. The summed E-state index contributed by atoms with van der Waals surface area (Å²) in [6, 6.07) is 7.01. The van der Waals surface area contributed by atoms with E-state index in [9.17, 15) is 0 Å². The van der Waals surface area contributed by atoms with Gasteiger partial charge in [0.15, 0.2) is 11.5 Å². The number of aromatic nitrogens is 3. The molecule has 21 heavy (non-hydrogen) atoms. The van der Waals surface area contributed by atoms with Crippen molar-refractivity contribution in [3.8, 4) is 11.1 Å². The molecule has 0 atom stereocenters. The Kier molecular flexibility index (Phi) is 3.63. The van der Waals surface area contributed by atoms with Crippen molar-refractivity contribution >= 4 is 40.1 Å². The third kappa shape index (κ3) is 2.51. The predicted molar refractivity (Wildman–Crippen MR) is 83.1 cm³/mol. The summed E-state index contributed by atoms with van der Waals surface area (Å²) in [6.07, 6.45) is 1.58. The van der Waals surface area contributed by atoms with Crippen LogP contribution in [-0.2, 0) is 6.61 Å². The van der Waals surface area contributed by atoms with Gasteiger partial charge in [0.1, 0.15) is 12.4 Å². The Morgan fingerprint density at radius 1 is 1.14 bits per heavy atom. The Morgan fingerprint density at radius 2 is 1.86 bits per heavy atom. The highest BCUT2D eigenvalue weighted by atomic mass is 35.5. The van der Waals surface area contributed by atoms with Crippen molar-refractivity contribution < 1.29 is 5.11 Å². The van der Waals surface area contributed by atoms with Crippen molar-refractivity contribution in [1.29, 1.82) is 0 Å². The number of pyridine rings is 1. The van der Waals surface area contributed by atoms with Gasteiger partial charge in [0, 0.05) is 22.7 Å². The molecule has 0 fully saturated rings. The van der Waals surface area contributed by atoms with E-state index >= 15 is 0 Å². The van der Waals surface area contributed by atoms with Crippen molar-refractivity contribution in [2.24, 2.45) is 0 Å². The molecule has 0 aliphatic carbocycles. The van der Waals surface area contributed by atoms with Gasteiger partial charge in [0.25, 0.3) is 0 Å². The first kappa shape index (κ1) is 14.0. The fourth-order valence-corrected chi connectivity index (χ4v) is 2.65. The summed E-state index contributed by atoms with van der Waals surface area (Å²) in [7, 11) is 0. The molecule has 0 spiro atoms. The molecule has 2 heterocycles.